The van der Waals surface area contributed by atoms with Crippen LogP contribution in [0.5, 0.6) is 17.4 Å². The molecule has 1 aromatic heterocycles. The number of nitrogens with zero attached hydrogens (tertiary/aromatic N) is 2. The van der Waals surface area contributed by atoms with Crippen LogP contribution < -0.4 is 9.78 Å². The van der Waals surface area contributed by atoms with Crippen molar-refractivity contribution in [1.29, 1.82) is 0 Å². The molecule has 0 spiro atoms. The van der Waals surface area contributed by atoms with Crippen LogP contribution in [0.2, 0.25) is 0 Å². The molecule has 0 saturated carbocycles. The fraction of sp³-hybridized carbons (Fsp3) is 0.0476. The average Bonchev–Trinajstić information content (AvgIpc) is 2.67. The molecule has 4 rings (SSSR count). The normalized spacial score (nSPS) is 10.7. The van der Waals surface area contributed by atoms with Gasteiger partial charge in [0.2, 0.25) is 0 Å². The number of phenols is 1. The summed E-state index contributed by atoms with van der Waals surface area (Å²) in [5, 5.41) is 10.8. The van der Waals surface area contributed by atoms with E-state index in [1.54, 1.807) is 18.2 Å². The van der Waals surface area contributed by atoms with Crippen LogP contribution in [-0.2, 0) is 0 Å². The summed E-state index contributed by atoms with van der Waals surface area (Å²) < 4.78 is 0. The molecule has 0 saturated heterocycles. The van der Waals surface area contributed by atoms with Gasteiger partial charge < -0.3 is 5.11 Å². The first-order valence-electron chi connectivity index (χ1n) is 8.17. The molecule has 26 heavy (non-hydrogen) atoms. The van der Waals surface area contributed by atoms with Crippen LogP contribution in [0.25, 0.3) is 22.3 Å². The summed E-state index contributed by atoms with van der Waals surface area (Å²) in [4.78, 5) is 19.9. The fourth-order valence-corrected chi connectivity index (χ4v) is 2.58. The molecular formula is C21H16N2O3. The quantitative estimate of drug-likeness (QED) is 0.430. The Hall–Kier alpha value is -3.60. The van der Waals surface area contributed by atoms with Crippen LogP contribution in [0.1, 0.15) is 5.56 Å². The van der Waals surface area contributed by atoms with Gasteiger partial charge in [-0.15, -0.1) is 0 Å². The van der Waals surface area contributed by atoms with Gasteiger partial charge in [-0.25, -0.2) is 4.98 Å². The summed E-state index contributed by atoms with van der Waals surface area (Å²) in [6, 6.07) is 21.9. The van der Waals surface area contributed by atoms with Gasteiger partial charge in [-0.2, -0.15) is 4.98 Å². The molecule has 5 heteroatoms. The van der Waals surface area contributed by atoms with E-state index in [0.717, 1.165) is 10.9 Å². The lowest BCUT2D eigenvalue weighted by Gasteiger charge is -2.10. The zero-order valence-corrected chi connectivity index (χ0v) is 14.1. The number of hydrogen-bond acceptors (Lipinski definition) is 5. The van der Waals surface area contributed by atoms with Gasteiger partial charge in [0.15, 0.2) is 11.6 Å². The van der Waals surface area contributed by atoms with E-state index < -0.39 is 0 Å². The van der Waals surface area contributed by atoms with Gasteiger partial charge in [-0.1, -0.05) is 42.0 Å². The van der Waals surface area contributed by atoms with Gasteiger partial charge in [0, 0.05) is 0 Å². The Morgan fingerprint density at radius 2 is 1.50 bits per heavy atom. The Labute approximate surface area is 150 Å². The van der Waals surface area contributed by atoms with E-state index in [2.05, 4.69) is 9.97 Å². The molecule has 0 radical (unpaired) electrons. The maximum absolute atomic E-state index is 10.1. The van der Waals surface area contributed by atoms with Gasteiger partial charge in [0.1, 0.15) is 5.75 Å². The van der Waals surface area contributed by atoms with E-state index in [0.29, 0.717) is 22.7 Å². The van der Waals surface area contributed by atoms with Crippen molar-refractivity contribution in [1.82, 2.24) is 9.97 Å². The largest absolute Gasteiger partial charge is 0.507 e. The van der Waals surface area contributed by atoms with Gasteiger partial charge >= 0.3 is 0 Å². The zero-order chi connectivity index (χ0) is 17.9. The summed E-state index contributed by atoms with van der Waals surface area (Å²) in [5.41, 5.74) is 2.35. The van der Waals surface area contributed by atoms with E-state index >= 15 is 0 Å². The predicted molar refractivity (Wildman–Crippen MR) is 99.1 cm³/mol. The molecule has 0 atom stereocenters. The van der Waals surface area contributed by atoms with Gasteiger partial charge in [0.05, 0.1) is 16.5 Å². The highest BCUT2D eigenvalue weighted by Gasteiger charge is 2.14. The Balaban J connectivity index is 1.75. The first-order valence-corrected chi connectivity index (χ1v) is 8.17. The van der Waals surface area contributed by atoms with Crippen molar-refractivity contribution in [3.63, 3.8) is 0 Å². The molecule has 0 unspecified atom stereocenters. The first kappa shape index (κ1) is 15.9. The minimum Gasteiger partial charge on any atom is -0.507 e. The summed E-state index contributed by atoms with van der Waals surface area (Å²) >= 11 is 0. The van der Waals surface area contributed by atoms with Crippen molar-refractivity contribution in [2.75, 3.05) is 0 Å². The van der Waals surface area contributed by atoms with E-state index in [1.165, 1.54) is 0 Å². The number of fused-ring (bicyclic) bond motifs is 1. The highest BCUT2D eigenvalue weighted by atomic mass is 17.2. The molecule has 1 heterocycles. The van der Waals surface area contributed by atoms with Crippen molar-refractivity contribution < 1.29 is 14.9 Å². The molecule has 0 aliphatic rings. The molecule has 0 fully saturated rings. The van der Waals surface area contributed by atoms with E-state index in [1.807, 2.05) is 61.5 Å². The third-order valence-electron chi connectivity index (χ3n) is 3.95. The number of para-hydroxylation sites is 2. The van der Waals surface area contributed by atoms with Crippen LogP contribution in [0.15, 0.2) is 72.8 Å². The average molecular weight is 344 g/mol. The van der Waals surface area contributed by atoms with Gasteiger partial charge in [0.25, 0.3) is 5.88 Å². The summed E-state index contributed by atoms with van der Waals surface area (Å²) in [6.07, 6.45) is 0. The molecule has 1 N–H and O–H groups in total. The summed E-state index contributed by atoms with van der Waals surface area (Å²) in [6.45, 7) is 2.00. The van der Waals surface area contributed by atoms with Crippen LogP contribution in [0.3, 0.4) is 0 Å². The third-order valence-corrected chi connectivity index (χ3v) is 3.95. The molecule has 0 aliphatic heterocycles. The second-order valence-electron chi connectivity index (χ2n) is 5.87. The van der Waals surface area contributed by atoms with E-state index in [-0.39, 0.29) is 11.6 Å². The lowest BCUT2D eigenvalue weighted by Crippen LogP contribution is -2.04. The molecule has 5 nitrogen and oxygen atoms in total. The van der Waals surface area contributed by atoms with Gasteiger partial charge in [-0.3, -0.25) is 9.78 Å². The number of hydrogen-bond donors (Lipinski definition) is 1. The second-order valence-corrected chi connectivity index (χ2v) is 5.87. The van der Waals surface area contributed by atoms with Crippen molar-refractivity contribution in [3.05, 3.63) is 78.4 Å². The molecule has 128 valence electrons. The summed E-state index contributed by atoms with van der Waals surface area (Å²) in [5.74, 6) is 1.33. The van der Waals surface area contributed by atoms with Crippen molar-refractivity contribution in [2.24, 2.45) is 0 Å². The molecular weight excluding hydrogens is 328 g/mol. The van der Waals surface area contributed by atoms with Crippen molar-refractivity contribution in [3.8, 4) is 28.8 Å². The standard InChI is InChI=1S/C21H16N2O3/c1-14-10-12-15(13-11-14)25-26-21-16-6-2-4-8-18(16)22-20(23-21)17-7-3-5-9-19(17)24/h2-13,24H,1H3. The van der Waals surface area contributed by atoms with Crippen LogP contribution >= 0.6 is 0 Å². The highest BCUT2D eigenvalue weighted by molar-refractivity contribution is 5.85. The zero-order valence-electron chi connectivity index (χ0n) is 14.1. The smallest absolute Gasteiger partial charge is 0.281 e. The lowest BCUT2D eigenvalue weighted by molar-refractivity contribution is -0.102. The molecule has 0 bridgehead atoms. The topological polar surface area (TPSA) is 64.5 Å². The third kappa shape index (κ3) is 3.15. The highest BCUT2D eigenvalue weighted by Crippen LogP contribution is 2.31. The Morgan fingerprint density at radius 3 is 2.31 bits per heavy atom. The Bertz CT molecular complexity index is 1060. The number of aryl methyl sites for hydroxylation is 1. The lowest BCUT2D eigenvalue weighted by atomic mass is 10.1. The summed E-state index contributed by atoms with van der Waals surface area (Å²) in [7, 11) is 0. The number of aromatic hydroxyl groups is 1. The second kappa shape index (κ2) is 6.72. The van der Waals surface area contributed by atoms with E-state index in [4.69, 9.17) is 9.78 Å². The monoisotopic (exact) mass is 344 g/mol. The van der Waals surface area contributed by atoms with Crippen molar-refractivity contribution >= 4 is 10.9 Å². The Kier molecular flexibility index (Phi) is 4.11. The molecule has 4 aromatic rings. The maximum Gasteiger partial charge on any atom is 0.281 e. The van der Waals surface area contributed by atoms with E-state index in [9.17, 15) is 5.11 Å². The van der Waals surface area contributed by atoms with Gasteiger partial charge in [-0.05, 0) is 43.3 Å². The SMILES string of the molecule is Cc1ccc(OOc2nc(-c3ccccc3O)nc3ccccc23)cc1. The molecule has 0 aliphatic carbocycles. The fourth-order valence-electron chi connectivity index (χ4n) is 2.58. The molecule has 3 aromatic carbocycles. The predicted octanol–water partition coefficient (Wildman–Crippen LogP) is 4.68. The van der Waals surface area contributed by atoms with Crippen molar-refractivity contribution in [2.45, 2.75) is 6.92 Å². The van der Waals surface area contributed by atoms with Crippen LogP contribution in [0.4, 0.5) is 0 Å². The van der Waals surface area contributed by atoms with Crippen LogP contribution in [0, 0.1) is 6.92 Å². The maximum atomic E-state index is 10.1. The minimum absolute atomic E-state index is 0.105. The number of phenolic OH excluding ortho intramolecular Hbond substituents is 1. The number of rotatable bonds is 4. The minimum atomic E-state index is 0.105. The Morgan fingerprint density at radius 1 is 0.769 bits per heavy atom. The number of benzene rings is 3. The van der Waals surface area contributed by atoms with Crippen LogP contribution in [-0.4, -0.2) is 15.1 Å². The number of aromatic nitrogens is 2. The first-order chi connectivity index (χ1) is 12.7. The molecule has 0 amide bonds.